The van der Waals surface area contributed by atoms with Gasteiger partial charge in [-0.1, -0.05) is 31.2 Å². The summed E-state index contributed by atoms with van der Waals surface area (Å²) < 4.78 is 40.1. The highest BCUT2D eigenvalue weighted by Gasteiger charge is 2.18. The number of halogens is 1. The second-order valence-electron chi connectivity index (χ2n) is 4.63. The van der Waals surface area contributed by atoms with Gasteiger partial charge in [0.25, 0.3) is 0 Å². The summed E-state index contributed by atoms with van der Waals surface area (Å²) in [5.41, 5.74) is 7.59. The molecular weight excluding hydrogens is 291 g/mol. The van der Waals surface area contributed by atoms with Gasteiger partial charge in [0.2, 0.25) is 10.0 Å². The lowest BCUT2D eigenvalue weighted by Crippen LogP contribution is -2.24. The summed E-state index contributed by atoms with van der Waals surface area (Å²) in [4.78, 5) is -0.239. The van der Waals surface area contributed by atoms with Crippen molar-refractivity contribution in [1.29, 1.82) is 0 Å². The highest BCUT2D eigenvalue weighted by atomic mass is 32.2. The Labute approximate surface area is 123 Å². The van der Waals surface area contributed by atoms with Crippen molar-refractivity contribution >= 4 is 15.7 Å². The van der Waals surface area contributed by atoms with Crippen LogP contribution in [-0.2, 0) is 23.0 Å². The molecule has 112 valence electrons. The van der Waals surface area contributed by atoms with Crippen molar-refractivity contribution in [2.75, 3.05) is 5.73 Å². The predicted octanol–water partition coefficient (Wildman–Crippen LogP) is 2.45. The Morgan fingerprint density at radius 3 is 2.48 bits per heavy atom. The van der Waals surface area contributed by atoms with Gasteiger partial charge in [0.15, 0.2) is 0 Å². The summed E-state index contributed by atoms with van der Waals surface area (Å²) in [7, 11) is -3.85. The van der Waals surface area contributed by atoms with Crippen LogP contribution in [-0.4, -0.2) is 8.42 Å². The number of anilines is 1. The van der Waals surface area contributed by atoms with E-state index in [0.717, 1.165) is 29.7 Å². The second kappa shape index (κ2) is 6.24. The maximum Gasteiger partial charge on any atom is 0.243 e. The Bertz CT molecular complexity index is 745. The number of benzene rings is 2. The molecule has 0 aliphatic heterocycles. The number of hydrogen-bond donors (Lipinski definition) is 2. The molecule has 0 unspecified atom stereocenters. The van der Waals surface area contributed by atoms with E-state index in [1.54, 1.807) is 0 Å². The van der Waals surface area contributed by atoms with Gasteiger partial charge in [-0.2, -0.15) is 0 Å². The molecule has 0 saturated heterocycles. The quantitative estimate of drug-likeness (QED) is 0.833. The first-order valence-electron chi connectivity index (χ1n) is 6.55. The first kappa shape index (κ1) is 15.5. The first-order valence-corrected chi connectivity index (χ1v) is 8.04. The monoisotopic (exact) mass is 308 g/mol. The van der Waals surface area contributed by atoms with Crippen molar-refractivity contribution in [3.8, 4) is 0 Å². The normalized spacial score (nSPS) is 11.5. The van der Waals surface area contributed by atoms with E-state index in [9.17, 15) is 12.8 Å². The molecule has 0 saturated carbocycles. The zero-order chi connectivity index (χ0) is 15.5. The fraction of sp³-hybridized carbons (Fsp3) is 0.200. The number of sulfonamides is 1. The van der Waals surface area contributed by atoms with E-state index in [2.05, 4.69) is 4.72 Å². The lowest BCUT2D eigenvalue weighted by atomic mass is 10.1. The van der Waals surface area contributed by atoms with Gasteiger partial charge in [-0.05, 0) is 35.7 Å². The Morgan fingerprint density at radius 1 is 1.14 bits per heavy atom. The van der Waals surface area contributed by atoms with Crippen LogP contribution in [0.5, 0.6) is 0 Å². The molecule has 2 rings (SSSR count). The van der Waals surface area contributed by atoms with Gasteiger partial charge in [0.05, 0.1) is 5.69 Å². The van der Waals surface area contributed by atoms with Crippen LogP contribution >= 0.6 is 0 Å². The minimum atomic E-state index is -3.85. The standard InChI is InChI=1S/C15H17FN2O2S/c1-2-11-5-3-4-6-12(11)10-18-21(19,20)15-9-13(16)7-8-14(15)17/h3-9,18H,2,10,17H2,1H3. The largest absolute Gasteiger partial charge is 0.398 e. The number of nitrogen functional groups attached to an aromatic ring is 1. The summed E-state index contributed by atoms with van der Waals surface area (Å²) in [5, 5.41) is 0. The van der Waals surface area contributed by atoms with Crippen molar-refractivity contribution in [2.45, 2.75) is 24.8 Å². The van der Waals surface area contributed by atoms with Crippen LogP contribution in [0.2, 0.25) is 0 Å². The van der Waals surface area contributed by atoms with E-state index in [1.807, 2.05) is 31.2 Å². The second-order valence-corrected chi connectivity index (χ2v) is 6.36. The van der Waals surface area contributed by atoms with Crippen LogP contribution in [0.4, 0.5) is 10.1 Å². The lowest BCUT2D eigenvalue weighted by Gasteiger charge is -2.11. The maximum absolute atomic E-state index is 13.2. The Balaban J connectivity index is 2.24. The number of nitrogens with two attached hydrogens (primary N) is 1. The van der Waals surface area contributed by atoms with Crippen molar-refractivity contribution in [1.82, 2.24) is 4.72 Å². The highest BCUT2D eigenvalue weighted by molar-refractivity contribution is 7.89. The van der Waals surface area contributed by atoms with E-state index in [4.69, 9.17) is 5.73 Å². The van der Waals surface area contributed by atoms with E-state index < -0.39 is 15.8 Å². The number of hydrogen-bond acceptors (Lipinski definition) is 3. The summed E-state index contributed by atoms with van der Waals surface area (Å²) in [6.07, 6.45) is 0.806. The Kier molecular flexibility index (Phi) is 4.59. The van der Waals surface area contributed by atoms with Crippen LogP contribution in [0, 0.1) is 5.82 Å². The zero-order valence-corrected chi connectivity index (χ0v) is 12.5. The molecule has 0 aliphatic rings. The molecule has 0 radical (unpaired) electrons. The molecule has 2 aromatic carbocycles. The third kappa shape index (κ3) is 3.59. The molecule has 0 aliphatic carbocycles. The lowest BCUT2D eigenvalue weighted by molar-refractivity contribution is 0.577. The van der Waals surface area contributed by atoms with Crippen LogP contribution in [0.15, 0.2) is 47.4 Å². The average Bonchev–Trinajstić information content (AvgIpc) is 2.48. The molecule has 0 spiro atoms. The third-order valence-electron chi connectivity index (χ3n) is 3.22. The van der Waals surface area contributed by atoms with E-state index in [-0.39, 0.29) is 17.1 Å². The fourth-order valence-electron chi connectivity index (χ4n) is 2.07. The van der Waals surface area contributed by atoms with E-state index in [1.165, 1.54) is 6.07 Å². The molecule has 0 bridgehead atoms. The van der Waals surface area contributed by atoms with Gasteiger partial charge >= 0.3 is 0 Å². The van der Waals surface area contributed by atoms with Crippen molar-refractivity contribution in [3.63, 3.8) is 0 Å². The molecule has 21 heavy (non-hydrogen) atoms. The summed E-state index contributed by atoms with van der Waals surface area (Å²) in [6.45, 7) is 2.14. The molecule has 3 N–H and O–H groups in total. The zero-order valence-electron chi connectivity index (χ0n) is 11.6. The fourth-order valence-corrected chi connectivity index (χ4v) is 3.21. The Morgan fingerprint density at radius 2 is 1.81 bits per heavy atom. The maximum atomic E-state index is 13.2. The summed E-state index contributed by atoms with van der Waals surface area (Å²) >= 11 is 0. The molecule has 0 heterocycles. The van der Waals surface area contributed by atoms with Gasteiger partial charge in [0.1, 0.15) is 10.7 Å². The summed E-state index contributed by atoms with van der Waals surface area (Å²) in [6, 6.07) is 10.8. The van der Waals surface area contributed by atoms with Crippen molar-refractivity contribution in [2.24, 2.45) is 0 Å². The first-order chi connectivity index (χ1) is 9.94. The molecule has 4 nitrogen and oxygen atoms in total. The highest BCUT2D eigenvalue weighted by Crippen LogP contribution is 2.19. The summed E-state index contributed by atoms with van der Waals surface area (Å²) in [5.74, 6) is -0.640. The van der Waals surface area contributed by atoms with Gasteiger partial charge < -0.3 is 5.73 Å². The molecule has 2 aromatic rings. The topological polar surface area (TPSA) is 72.2 Å². The van der Waals surface area contributed by atoms with Gasteiger partial charge in [-0.25, -0.2) is 17.5 Å². The molecule has 0 aromatic heterocycles. The molecule has 0 atom stereocenters. The predicted molar refractivity (Wildman–Crippen MR) is 80.7 cm³/mol. The van der Waals surface area contributed by atoms with E-state index in [0.29, 0.717) is 0 Å². The van der Waals surface area contributed by atoms with E-state index >= 15 is 0 Å². The van der Waals surface area contributed by atoms with Crippen LogP contribution in [0.25, 0.3) is 0 Å². The SMILES string of the molecule is CCc1ccccc1CNS(=O)(=O)c1cc(F)ccc1N. The van der Waals surface area contributed by atoms with Crippen molar-refractivity contribution < 1.29 is 12.8 Å². The Hall–Kier alpha value is -1.92. The molecule has 6 heteroatoms. The van der Waals surface area contributed by atoms with Gasteiger partial charge in [-0.15, -0.1) is 0 Å². The molecule has 0 amide bonds. The number of aryl methyl sites for hydroxylation is 1. The third-order valence-corrected chi connectivity index (χ3v) is 4.67. The molecule has 0 fully saturated rings. The van der Waals surface area contributed by atoms with Crippen molar-refractivity contribution in [3.05, 3.63) is 59.4 Å². The smallest absolute Gasteiger partial charge is 0.243 e. The van der Waals surface area contributed by atoms with Crippen LogP contribution < -0.4 is 10.5 Å². The minimum Gasteiger partial charge on any atom is -0.398 e. The minimum absolute atomic E-state index is 0.0210. The van der Waals surface area contributed by atoms with Crippen LogP contribution in [0.1, 0.15) is 18.1 Å². The van der Waals surface area contributed by atoms with Gasteiger partial charge in [0, 0.05) is 6.54 Å². The van der Waals surface area contributed by atoms with Gasteiger partial charge in [-0.3, -0.25) is 0 Å². The average molecular weight is 308 g/mol. The molecular formula is C15H17FN2O2S. The van der Waals surface area contributed by atoms with Crippen LogP contribution in [0.3, 0.4) is 0 Å². The number of rotatable bonds is 5. The number of nitrogens with one attached hydrogen (secondary N) is 1.